The molecule has 0 aromatic heterocycles. The van der Waals surface area contributed by atoms with Crippen LogP contribution in [-0.2, 0) is 9.84 Å². The molecule has 0 spiro atoms. The number of piperazine rings is 1. The third kappa shape index (κ3) is 5.52. The number of rotatable bonds is 8. The first-order valence-electron chi connectivity index (χ1n) is 11.1. The molecule has 32 heavy (non-hydrogen) atoms. The van der Waals surface area contributed by atoms with Crippen molar-refractivity contribution in [2.45, 2.75) is 23.0 Å². The molecule has 0 aliphatic carbocycles. The van der Waals surface area contributed by atoms with Crippen molar-refractivity contribution in [3.8, 4) is 0 Å². The van der Waals surface area contributed by atoms with Crippen molar-refractivity contribution in [1.29, 1.82) is 0 Å². The standard InChI is InChI=1S/C26H29ClN2O2S/c27-23-11-7-12-24(21-23)29-19-17-28(18-20-29)16-8-15-26(22-9-3-1-4-10-22)32(30,31)25-13-5-2-6-14-25/h1-7,9-14,21,26H,8,15-20H2. The van der Waals surface area contributed by atoms with Gasteiger partial charge in [0.2, 0.25) is 0 Å². The lowest BCUT2D eigenvalue weighted by atomic mass is 10.1. The molecule has 0 bridgehead atoms. The summed E-state index contributed by atoms with van der Waals surface area (Å²) in [5.74, 6) is 0. The molecule has 1 atom stereocenters. The van der Waals surface area contributed by atoms with Gasteiger partial charge in [-0.3, -0.25) is 4.90 Å². The molecule has 1 aliphatic rings. The lowest BCUT2D eigenvalue weighted by molar-refractivity contribution is 0.252. The molecule has 0 saturated carbocycles. The van der Waals surface area contributed by atoms with Crippen LogP contribution in [0.15, 0.2) is 89.8 Å². The SMILES string of the molecule is O=S(=O)(c1ccccc1)C(CCCN1CCN(c2cccc(Cl)c2)CC1)c1ccccc1. The molecule has 0 amide bonds. The summed E-state index contributed by atoms with van der Waals surface area (Å²) in [5, 5.41) is 0.232. The first-order valence-corrected chi connectivity index (χ1v) is 13.0. The Kier molecular flexibility index (Phi) is 7.51. The van der Waals surface area contributed by atoms with Gasteiger partial charge >= 0.3 is 0 Å². The van der Waals surface area contributed by atoms with Crippen LogP contribution in [0.4, 0.5) is 5.69 Å². The minimum absolute atomic E-state index is 0.393. The van der Waals surface area contributed by atoms with E-state index in [2.05, 4.69) is 15.9 Å². The van der Waals surface area contributed by atoms with Gasteiger partial charge in [-0.05, 0) is 55.3 Å². The second-order valence-corrected chi connectivity index (χ2v) is 10.8. The summed E-state index contributed by atoms with van der Waals surface area (Å²) in [4.78, 5) is 5.18. The highest BCUT2D eigenvalue weighted by atomic mass is 35.5. The fourth-order valence-corrected chi connectivity index (χ4v) is 6.39. The van der Waals surface area contributed by atoms with Crippen molar-refractivity contribution in [3.63, 3.8) is 0 Å². The molecule has 1 unspecified atom stereocenters. The van der Waals surface area contributed by atoms with E-state index in [0.717, 1.165) is 55.4 Å². The summed E-state index contributed by atoms with van der Waals surface area (Å²) < 4.78 is 26.8. The number of sulfone groups is 1. The molecule has 3 aromatic carbocycles. The maximum atomic E-state index is 13.4. The van der Waals surface area contributed by atoms with Crippen LogP contribution in [0.1, 0.15) is 23.7 Å². The summed E-state index contributed by atoms with van der Waals surface area (Å²) in [6, 6.07) is 26.4. The molecule has 1 fully saturated rings. The Hall–Kier alpha value is -2.34. The van der Waals surface area contributed by atoms with Crippen LogP contribution in [0, 0.1) is 0 Å². The first kappa shape index (κ1) is 22.8. The zero-order valence-electron chi connectivity index (χ0n) is 18.1. The zero-order valence-corrected chi connectivity index (χ0v) is 19.7. The predicted molar refractivity (Wildman–Crippen MR) is 132 cm³/mol. The third-order valence-corrected chi connectivity index (χ3v) is 8.53. The monoisotopic (exact) mass is 468 g/mol. The van der Waals surface area contributed by atoms with Crippen LogP contribution in [0.3, 0.4) is 0 Å². The molecule has 1 saturated heterocycles. The molecule has 6 heteroatoms. The minimum Gasteiger partial charge on any atom is -0.369 e. The van der Waals surface area contributed by atoms with Gasteiger partial charge in [0.05, 0.1) is 10.1 Å². The molecule has 0 N–H and O–H groups in total. The Morgan fingerprint density at radius 3 is 2.12 bits per heavy atom. The normalized spacial score (nSPS) is 16.1. The molecular weight excluding hydrogens is 440 g/mol. The van der Waals surface area contributed by atoms with E-state index in [1.54, 1.807) is 24.3 Å². The number of nitrogens with zero attached hydrogens (tertiary/aromatic N) is 2. The quantitative estimate of drug-likeness (QED) is 0.440. The number of hydrogen-bond donors (Lipinski definition) is 0. The Morgan fingerprint density at radius 2 is 1.47 bits per heavy atom. The summed E-state index contributed by atoms with van der Waals surface area (Å²) in [6.45, 7) is 4.73. The topological polar surface area (TPSA) is 40.6 Å². The number of benzene rings is 3. The average molecular weight is 469 g/mol. The van der Waals surface area contributed by atoms with Crippen LogP contribution >= 0.6 is 11.6 Å². The Labute approximate surface area is 196 Å². The van der Waals surface area contributed by atoms with Gasteiger partial charge in [-0.1, -0.05) is 66.2 Å². The van der Waals surface area contributed by atoms with E-state index in [1.165, 1.54) is 0 Å². The van der Waals surface area contributed by atoms with Gasteiger partial charge in [0.25, 0.3) is 0 Å². The highest BCUT2D eigenvalue weighted by molar-refractivity contribution is 7.91. The maximum absolute atomic E-state index is 13.4. The summed E-state index contributed by atoms with van der Waals surface area (Å²) in [6.07, 6.45) is 1.44. The molecular formula is C26H29ClN2O2S. The molecule has 4 rings (SSSR count). The number of hydrogen-bond acceptors (Lipinski definition) is 4. The van der Waals surface area contributed by atoms with Crippen molar-refractivity contribution < 1.29 is 8.42 Å². The molecule has 1 aliphatic heterocycles. The van der Waals surface area contributed by atoms with Crippen LogP contribution in [0.5, 0.6) is 0 Å². The van der Waals surface area contributed by atoms with E-state index in [1.807, 2.05) is 54.6 Å². The fourth-order valence-electron chi connectivity index (χ4n) is 4.35. The summed E-state index contributed by atoms with van der Waals surface area (Å²) >= 11 is 6.14. The third-order valence-electron chi connectivity index (χ3n) is 6.10. The van der Waals surface area contributed by atoms with Gasteiger partial charge in [0, 0.05) is 36.9 Å². The number of anilines is 1. The molecule has 1 heterocycles. The van der Waals surface area contributed by atoms with Gasteiger partial charge in [0.1, 0.15) is 0 Å². The minimum atomic E-state index is -3.45. The lowest BCUT2D eigenvalue weighted by Crippen LogP contribution is -2.46. The van der Waals surface area contributed by atoms with Crippen molar-refractivity contribution in [1.82, 2.24) is 4.90 Å². The first-order chi connectivity index (χ1) is 15.5. The average Bonchev–Trinajstić information content (AvgIpc) is 2.83. The Balaban J connectivity index is 1.37. The van der Waals surface area contributed by atoms with Gasteiger partial charge in [0.15, 0.2) is 9.84 Å². The van der Waals surface area contributed by atoms with Gasteiger partial charge in [-0.2, -0.15) is 0 Å². The van der Waals surface area contributed by atoms with Crippen molar-refractivity contribution in [2.24, 2.45) is 0 Å². The van der Waals surface area contributed by atoms with Crippen LogP contribution in [-0.4, -0.2) is 46.0 Å². The van der Waals surface area contributed by atoms with E-state index in [-0.39, 0.29) is 0 Å². The molecule has 4 nitrogen and oxygen atoms in total. The van der Waals surface area contributed by atoms with E-state index in [4.69, 9.17) is 11.6 Å². The second kappa shape index (κ2) is 10.5. The molecule has 3 aromatic rings. The van der Waals surface area contributed by atoms with E-state index >= 15 is 0 Å². The van der Waals surface area contributed by atoms with E-state index in [0.29, 0.717) is 11.3 Å². The lowest BCUT2D eigenvalue weighted by Gasteiger charge is -2.36. The molecule has 0 radical (unpaired) electrons. The van der Waals surface area contributed by atoms with E-state index in [9.17, 15) is 8.42 Å². The highest BCUT2D eigenvalue weighted by Gasteiger charge is 2.29. The summed E-state index contributed by atoms with van der Waals surface area (Å²) in [5.41, 5.74) is 2.03. The van der Waals surface area contributed by atoms with Crippen molar-refractivity contribution >= 4 is 27.1 Å². The van der Waals surface area contributed by atoms with Crippen molar-refractivity contribution in [3.05, 3.63) is 95.5 Å². The predicted octanol–water partition coefficient (Wildman–Crippen LogP) is 5.46. The van der Waals surface area contributed by atoms with Gasteiger partial charge in [-0.25, -0.2) is 8.42 Å². The van der Waals surface area contributed by atoms with Crippen LogP contribution in [0.2, 0.25) is 5.02 Å². The highest BCUT2D eigenvalue weighted by Crippen LogP contribution is 2.33. The molecule has 168 valence electrons. The van der Waals surface area contributed by atoms with Crippen molar-refractivity contribution in [2.75, 3.05) is 37.6 Å². The smallest absolute Gasteiger partial charge is 0.185 e. The fraction of sp³-hybridized carbons (Fsp3) is 0.308. The van der Waals surface area contributed by atoms with E-state index < -0.39 is 15.1 Å². The Morgan fingerprint density at radius 1 is 0.812 bits per heavy atom. The second-order valence-electron chi connectivity index (χ2n) is 8.21. The van der Waals surface area contributed by atoms with Gasteiger partial charge in [-0.15, -0.1) is 0 Å². The maximum Gasteiger partial charge on any atom is 0.185 e. The Bertz CT molecular complexity index is 1100. The van der Waals surface area contributed by atoms with Crippen LogP contribution < -0.4 is 4.90 Å². The van der Waals surface area contributed by atoms with Crippen LogP contribution in [0.25, 0.3) is 0 Å². The summed E-state index contributed by atoms with van der Waals surface area (Å²) in [7, 11) is -3.45. The largest absolute Gasteiger partial charge is 0.369 e. The van der Waals surface area contributed by atoms with Gasteiger partial charge < -0.3 is 4.90 Å². The zero-order chi connectivity index (χ0) is 22.4. The number of halogens is 1.